The van der Waals surface area contributed by atoms with Gasteiger partial charge in [-0.05, 0) is 45.6 Å². The molecule has 2 fully saturated rings. The average molecular weight is 530 g/mol. The maximum Gasteiger partial charge on any atom is 0.280 e. The number of thiazole rings is 1. The number of hydrogen-bond acceptors (Lipinski definition) is 6. The molecule has 2 amide bonds. The smallest absolute Gasteiger partial charge is 0.280 e. The lowest BCUT2D eigenvalue weighted by molar-refractivity contribution is -0.119. The third kappa shape index (κ3) is 6.92. The van der Waals surface area contributed by atoms with E-state index in [0.717, 1.165) is 41.9 Å². The van der Waals surface area contributed by atoms with Crippen molar-refractivity contribution in [2.45, 2.75) is 77.3 Å². The number of likely N-dealkylation sites (tertiary alicyclic amines) is 1. The van der Waals surface area contributed by atoms with Gasteiger partial charge in [-0.25, -0.2) is 27.5 Å². The molecule has 2 N–H and O–H groups in total. The van der Waals surface area contributed by atoms with Gasteiger partial charge in [0.25, 0.3) is 18.3 Å². The van der Waals surface area contributed by atoms with Crippen molar-refractivity contribution in [2.75, 3.05) is 18.4 Å². The molecule has 1 unspecified atom stereocenters. The van der Waals surface area contributed by atoms with E-state index in [0.29, 0.717) is 39.9 Å². The number of nitrogens with one attached hydrogen (secondary N) is 2. The third-order valence-electron chi connectivity index (χ3n) is 6.11. The molecule has 0 radical (unpaired) electrons. The summed E-state index contributed by atoms with van der Waals surface area (Å²) in [6.07, 6.45) is 3.04. The number of alkyl halides is 4. The molecule has 7 nitrogen and oxygen atoms in total. The van der Waals surface area contributed by atoms with Crippen molar-refractivity contribution in [1.29, 1.82) is 0 Å². The minimum absolute atomic E-state index is 0.101. The quantitative estimate of drug-likeness (QED) is 0.352. The summed E-state index contributed by atoms with van der Waals surface area (Å²) < 4.78 is 52.0. The first-order valence-corrected chi connectivity index (χ1v) is 12.8. The van der Waals surface area contributed by atoms with E-state index >= 15 is 0 Å². The van der Waals surface area contributed by atoms with E-state index in [4.69, 9.17) is 0 Å². The van der Waals surface area contributed by atoms with E-state index < -0.39 is 18.9 Å². The van der Waals surface area contributed by atoms with Crippen LogP contribution in [0.1, 0.15) is 73.4 Å². The highest BCUT2D eigenvalue weighted by Crippen LogP contribution is 2.37. The molecule has 0 bridgehead atoms. The van der Waals surface area contributed by atoms with E-state index in [2.05, 4.69) is 20.6 Å². The molecule has 36 heavy (non-hydrogen) atoms. The maximum atomic E-state index is 13.6. The fraction of sp³-hybridized carbons (Fsp3) is 0.583. The van der Waals surface area contributed by atoms with Gasteiger partial charge in [-0.15, -0.1) is 11.3 Å². The maximum absolute atomic E-state index is 13.6. The molecule has 198 valence electrons. The van der Waals surface area contributed by atoms with Crippen LogP contribution in [0.3, 0.4) is 0 Å². The molecular weight excluding hydrogens is 498 g/mol. The van der Waals surface area contributed by atoms with Gasteiger partial charge in [-0.3, -0.25) is 9.59 Å². The van der Waals surface area contributed by atoms with Crippen molar-refractivity contribution in [3.8, 4) is 10.4 Å². The minimum Gasteiger partial charge on any atom is -0.370 e. The Balaban J connectivity index is 0.000000303. The van der Waals surface area contributed by atoms with E-state index in [1.807, 2.05) is 6.92 Å². The first-order chi connectivity index (χ1) is 17.0. The lowest BCUT2D eigenvalue weighted by Crippen LogP contribution is -2.39. The molecule has 1 atom stereocenters. The second kappa shape index (κ2) is 12.0. The molecule has 0 spiro atoms. The molecule has 1 saturated heterocycles. The van der Waals surface area contributed by atoms with Crippen molar-refractivity contribution < 1.29 is 27.2 Å². The normalized spacial score (nSPS) is 18.9. The van der Waals surface area contributed by atoms with Crippen LogP contribution in [-0.2, 0) is 4.79 Å². The number of amides is 2. The second-order valence-corrected chi connectivity index (χ2v) is 10.1. The Bertz CT molecular complexity index is 1060. The van der Waals surface area contributed by atoms with Gasteiger partial charge in [0.05, 0.1) is 17.1 Å². The second-order valence-electron chi connectivity index (χ2n) is 9.11. The fourth-order valence-electron chi connectivity index (χ4n) is 3.91. The van der Waals surface area contributed by atoms with Crippen molar-refractivity contribution in [1.82, 2.24) is 20.2 Å². The van der Waals surface area contributed by atoms with E-state index in [9.17, 15) is 27.2 Å². The first kappa shape index (κ1) is 27.8. The highest BCUT2D eigenvalue weighted by Gasteiger charge is 2.42. The van der Waals surface area contributed by atoms with Crippen molar-refractivity contribution in [3.63, 3.8) is 0 Å². The Morgan fingerprint density at radius 2 is 2.08 bits per heavy atom. The molecule has 1 aliphatic carbocycles. The van der Waals surface area contributed by atoms with Gasteiger partial charge in [0.1, 0.15) is 5.82 Å². The summed E-state index contributed by atoms with van der Waals surface area (Å²) in [6, 6.07) is 1.27. The summed E-state index contributed by atoms with van der Waals surface area (Å²) in [5.74, 6) is -2.47. The largest absolute Gasteiger partial charge is 0.370 e. The SMILES string of the molecule is CC1CC(F)(F)CN1C=O.CCCNc1cc(C(F)F)c(-c2sc(C(=O)NC3CCC3)nc2C)cn1. The number of aromatic nitrogens is 2. The van der Waals surface area contributed by atoms with Gasteiger partial charge in [0.2, 0.25) is 6.41 Å². The number of anilines is 1. The monoisotopic (exact) mass is 529 g/mol. The van der Waals surface area contributed by atoms with Gasteiger partial charge in [-0.1, -0.05) is 6.92 Å². The van der Waals surface area contributed by atoms with Gasteiger partial charge in [0.15, 0.2) is 5.01 Å². The summed E-state index contributed by atoms with van der Waals surface area (Å²) in [4.78, 5) is 32.6. The molecule has 0 aromatic carbocycles. The molecule has 12 heteroatoms. The van der Waals surface area contributed by atoms with E-state index in [1.54, 1.807) is 13.8 Å². The van der Waals surface area contributed by atoms with Crippen LogP contribution in [0.25, 0.3) is 10.4 Å². The van der Waals surface area contributed by atoms with Crippen molar-refractivity contribution in [3.05, 3.63) is 28.5 Å². The molecule has 3 heterocycles. The van der Waals surface area contributed by atoms with Crippen LogP contribution in [0.2, 0.25) is 0 Å². The highest BCUT2D eigenvalue weighted by molar-refractivity contribution is 7.17. The zero-order valence-electron chi connectivity index (χ0n) is 20.5. The molecule has 2 aromatic heterocycles. The number of carbonyl (C=O) groups excluding carboxylic acids is 2. The number of pyridine rings is 1. The molecule has 2 aliphatic rings. The van der Waals surface area contributed by atoms with Crippen LogP contribution in [0, 0.1) is 6.92 Å². The van der Waals surface area contributed by atoms with E-state index in [1.165, 1.54) is 12.3 Å². The van der Waals surface area contributed by atoms with E-state index in [-0.39, 0.29) is 30.0 Å². The lowest BCUT2D eigenvalue weighted by Gasteiger charge is -2.25. The van der Waals surface area contributed by atoms with Crippen LogP contribution in [0.15, 0.2) is 12.3 Å². The predicted molar refractivity (Wildman–Crippen MR) is 131 cm³/mol. The summed E-state index contributed by atoms with van der Waals surface area (Å²) in [6.45, 7) is 5.59. The average Bonchev–Trinajstić information content (AvgIpc) is 3.32. The van der Waals surface area contributed by atoms with Gasteiger partial charge in [-0.2, -0.15) is 0 Å². The molecular formula is C24H31F4N5O2S. The topological polar surface area (TPSA) is 87.2 Å². The Morgan fingerprint density at radius 3 is 2.58 bits per heavy atom. The third-order valence-corrected chi connectivity index (χ3v) is 7.30. The number of aryl methyl sites for hydroxylation is 1. The molecule has 4 rings (SSSR count). The summed E-state index contributed by atoms with van der Waals surface area (Å²) in [5, 5.41) is 6.25. The number of hydrogen-bond donors (Lipinski definition) is 2. The number of rotatable bonds is 8. The molecule has 1 aliphatic heterocycles. The zero-order valence-corrected chi connectivity index (χ0v) is 21.3. The summed E-state index contributed by atoms with van der Waals surface area (Å²) >= 11 is 1.14. The Kier molecular flexibility index (Phi) is 9.26. The summed E-state index contributed by atoms with van der Waals surface area (Å²) in [5.41, 5.74) is 0.794. The minimum atomic E-state index is -2.67. The van der Waals surface area contributed by atoms with Crippen LogP contribution in [0.4, 0.5) is 23.4 Å². The van der Waals surface area contributed by atoms with Gasteiger partial charge < -0.3 is 15.5 Å². The molecule has 1 saturated carbocycles. The first-order valence-electron chi connectivity index (χ1n) is 11.9. The van der Waals surface area contributed by atoms with Gasteiger partial charge >= 0.3 is 0 Å². The summed E-state index contributed by atoms with van der Waals surface area (Å²) in [7, 11) is 0. The lowest BCUT2D eigenvalue weighted by atomic mass is 9.93. The zero-order chi connectivity index (χ0) is 26.5. The predicted octanol–water partition coefficient (Wildman–Crippen LogP) is 5.43. The standard InChI is InChI=1S/C18H22F2N4OS.C6H9F2NO/c1-3-7-21-14-8-12(16(19)20)13(9-22-14)15-10(2)23-18(26-15)17(25)24-11-5-4-6-11;1-5-2-6(7,8)3-9(5)4-10/h8-9,11,16H,3-7H2,1-2H3,(H,21,22)(H,24,25);4-5H,2-3H2,1H3. The molecule has 2 aromatic rings. The Hall–Kier alpha value is -2.76. The Morgan fingerprint density at radius 1 is 1.36 bits per heavy atom. The van der Waals surface area contributed by atoms with Crippen LogP contribution in [-0.4, -0.2) is 58.3 Å². The van der Waals surface area contributed by atoms with Crippen molar-refractivity contribution >= 4 is 29.5 Å². The highest BCUT2D eigenvalue weighted by atomic mass is 32.1. The van der Waals surface area contributed by atoms with Gasteiger partial charge in [0, 0.05) is 42.4 Å². The number of halogens is 4. The Labute approximate surface area is 211 Å². The van der Waals surface area contributed by atoms with Crippen molar-refractivity contribution in [2.24, 2.45) is 0 Å². The number of nitrogens with zero attached hydrogens (tertiary/aromatic N) is 3. The fourth-order valence-corrected chi connectivity index (χ4v) is 4.91. The van der Waals surface area contributed by atoms with Crippen LogP contribution < -0.4 is 10.6 Å². The van der Waals surface area contributed by atoms with Crippen LogP contribution >= 0.6 is 11.3 Å². The van der Waals surface area contributed by atoms with Crippen LogP contribution in [0.5, 0.6) is 0 Å². The number of carbonyl (C=O) groups is 2.